The zero-order valence-corrected chi connectivity index (χ0v) is 18.9. The molecule has 29 heavy (non-hydrogen) atoms. The minimum Gasteiger partial charge on any atom is -0.462 e. The van der Waals surface area contributed by atoms with Gasteiger partial charge < -0.3 is 20.1 Å². The number of ether oxygens (including phenoxy) is 2. The smallest absolute Gasteiger partial charge is 0.348 e. The summed E-state index contributed by atoms with van der Waals surface area (Å²) in [5, 5.41) is 7.06. The number of anilines is 1. The molecule has 0 aliphatic heterocycles. The van der Waals surface area contributed by atoms with Gasteiger partial charge in [0, 0.05) is 0 Å². The first kappa shape index (κ1) is 22.8. The first-order chi connectivity index (χ1) is 13.8. The predicted octanol–water partition coefficient (Wildman–Crippen LogP) is 4.77. The van der Waals surface area contributed by atoms with E-state index in [-0.39, 0.29) is 19.3 Å². The van der Waals surface area contributed by atoms with Gasteiger partial charge in [0.1, 0.15) is 9.88 Å². The largest absolute Gasteiger partial charge is 0.462 e. The molecular weight excluding hydrogens is 408 g/mol. The van der Waals surface area contributed by atoms with Gasteiger partial charge in [0.25, 0.3) is 0 Å². The molecule has 2 aromatic rings. The molecule has 1 unspecified atom stereocenters. The Labute approximate surface area is 180 Å². The molecule has 1 aromatic carbocycles. The fraction of sp³-hybridized carbons (Fsp3) is 0.381. The van der Waals surface area contributed by atoms with Crippen molar-refractivity contribution >= 4 is 45.6 Å². The Hall–Kier alpha value is -2.45. The monoisotopic (exact) mass is 434 g/mol. The average molecular weight is 435 g/mol. The van der Waals surface area contributed by atoms with Crippen LogP contribution >= 0.6 is 23.6 Å². The summed E-state index contributed by atoms with van der Waals surface area (Å²) in [6.07, 6.45) is 0. The molecule has 8 heteroatoms. The Morgan fingerprint density at radius 3 is 2.24 bits per heavy atom. The zero-order valence-electron chi connectivity index (χ0n) is 17.3. The van der Waals surface area contributed by atoms with Crippen LogP contribution in [0.3, 0.4) is 0 Å². The molecule has 0 saturated heterocycles. The normalized spacial score (nSPS) is 11.5. The number of rotatable bonds is 7. The SMILES string of the molecule is CCOC(=O)c1sc(NC(=S)NC(C)c2ccc(C)cc2)c(C(=O)OCC)c1C. The van der Waals surface area contributed by atoms with Crippen molar-refractivity contribution in [3.63, 3.8) is 0 Å². The quantitative estimate of drug-likeness (QED) is 0.480. The van der Waals surface area contributed by atoms with Crippen molar-refractivity contribution in [1.82, 2.24) is 5.32 Å². The Kier molecular flexibility index (Phi) is 8.16. The highest BCUT2D eigenvalue weighted by molar-refractivity contribution is 7.80. The second kappa shape index (κ2) is 10.4. The Morgan fingerprint density at radius 2 is 1.66 bits per heavy atom. The van der Waals surface area contributed by atoms with Crippen molar-refractivity contribution in [3.8, 4) is 0 Å². The van der Waals surface area contributed by atoms with E-state index in [1.54, 1.807) is 20.8 Å². The maximum absolute atomic E-state index is 12.5. The summed E-state index contributed by atoms with van der Waals surface area (Å²) in [5.74, 6) is -0.978. The van der Waals surface area contributed by atoms with Gasteiger partial charge in [-0.3, -0.25) is 0 Å². The highest BCUT2D eigenvalue weighted by Crippen LogP contribution is 2.34. The van der Waals surface area contributed by atoms with Gasteiger partial charge in [0.15, 0.2) is 5.11 Å². The molecule has 2 N–H and O–H groups in total. The van der Waals surface area contributed by atoms with E-state index in [4.69, 9.17) is 21.7 Å². The maximum Gasteiger partial charge on any atom is 0.348 e. The van der Waals surface area contributed by atoms with E-state index in [1.165, 1.54) is 5.56 Å². The van der Waals surface area contributed by atoms with Crippen LogP contribution in [0.4, 0.5) is 5.00 Å². The van der Waals surface area contributed by atoms with Gasteiger partial charge in [-0.25, -0.2) is 9.59 Å². The molecule has 0 bridgehead atoms. The summed E-state index contributed by atoms with van der Waals surface area (Å²) < 4.78 is 10.3. The molecular formula is C21H26N2O4S2. The number of aryl methyl sites for hydroxylation is 1. The molecule has 0 spiro atoms. The minimum absolute atomic E-state index is 0.0350. The van der Waals surface area contributed by atoms with Crippen molar-refractivity contribution in [3.05, 3.63) is 51.4 Å². The summed E-state index contributed by atoms with van der Waals surface area (Å²) in [7, 11) is 0. The zero-order chi connectivity index (χ0) is 21.6. The third kappa shape index (κ3) is 5.77. The van der Waals surface area contributed by atoms with Gasteiger partial charge >= 0.3 is 11.9 Å². The van der Waals surface area contributed by atoms with Gasteiger partial charge in [0.05, 0.1) is 24.8 Å². The van der Waals surface area contributed by atoms with E-state index in [0.717, 1.165) is 16.9 Å². The molecule has 0 radical (unpaired) electrons. The fourth-order valence-electron chi connectivity index (χ4n) is 2.72. The summed E-state index contributed by atoms with van der Waals surface area (Å²) in [6, 6.07) is 8.11. The molecule has 0 aliphatic carbocycles. The van der Waals surface area contributed by atoms with Crippen molar-refractivity contribution in [1.29, 1.82) is 0 Å². The van der Waals surface area contributed by atoms with Crippen LogP contribution in [-0.2, 0) is 9.47 Å². The molecule has 2 rings (SSSR count). The predicted molar refractivity (Wildman–Crippen MR) is 120 cm³/mol. The number of hydrogen-bond donors (Lipinski definition) is 2. The van der Waals surface area contributed by atoms with Crippen LogP contribution in [0.15, 0.2) is 24.3 Å². The van der Waals surface area contributed by atoms with Crippen molar-refractivity contribution in [2.45, 2.75) is 40.7 Å². The van der Waals surface area contributed by atoms with Crippen LogP contribution in [0.1, 0.15) is 63.5 Å². The highest BCUT2D eigenvalue weighted by atomic mass is 32.1. The topological polar surface area (TPSA) is 76.7 Å². The third-order valence-electron chi connectivity index (χ3n) is 4.24. The second-order valence-corrected chi connectivity index (χ2v) is 7.86. The number of hydrogen-bond acceptors (Lipinski definition) is 6. The lowest BCUT2D eigenvalue weighted by Crippen LogP contribution is -2.31. The number of benzene rings is 1. The third-order valence-corrected chi connectivity index (χ3v) is 5.65. The van der Waals surface area contributed by atoms with Crippen LogP contribution in [0.25, 0.3) is 0 Å². The molecule has 0 amide bonds. The number of nitrogens with one attached hydrogen (secondary N) is 2. The Bertz CT molecular complexity index is 891. The number of carbonyl (C=O) groups is 2. The average Bonchev–Trinajstić information content (AvgIpc) is 2.98. The molecule has 156 valence electrons. The number of thiocarbonyl (C=S) groups is 1. The van der Waals surface area contributed by atoms with Crippen LogP contribution in [0, 0.1) is 13.8 Å². The van der Waals surface area contributed by atoms with Crippen LogP contribution in [0.5, 0.6) is 0 Å². The van der Waals surface area contributed by atoms with Crippen molar-refractivity contribution in [2.24, 2.45) is 0 Å². The van der Waals surface area contributed by atoms with Crippen LogP contribution in [0.2, 0.25) is 0 Å². The molecule has 0 aliphatic rings. The number of esters is 2. The van der Waals surface area contributed by atoms with Gasteiger partial charge in [-0.2, -0.15) is 0 Å². The lowest BCUT2D eigenvalue weighted by Gasteiger charge is -2.17. The van der Waals surface area contributed by atoms with E-state index in [1.807, 2.05) is 38.1 Å². The van der Waals surface area contributed by atoms with Gasteiger partial charge in [-0.1, -0.05) is 29.8 Å². The first-order valence-corrected chi connectivity index (χ1v) is 10.6. The summed E-state index contributed by atoms with van der Waals surface area (Å²) in [4.78, 5) is 25.1. The van der Waals surface area contributed by atoms with Crippen LogP contribution in [-0.4, -0.2) is 30.3 Å². The van der Waals surface area contributed by atoms with E-state index in [0.29, 0.717) is 26.1 Å². The fourth-order valence-corrected chi connectivity index (χ4v) is 4.15. The second-order valence-electron chi connectivity index (χ2n) is 6.43. The van der Waals surface area contributed by atoms with E-state index in [9.17, 15) is 9.59 Å². The number of thiophene rings is 1. The van der Waals surface area contributed by atoms with Gasteiger partial charge in [-0.15, -0.1) is 11.3 Å². The lowest BCUT2D eigenvalue weighted by molar-refractivity contribution is 0.0527. The van der Waals surface area contributed by atoms with Crippen molar-refractivity contribution in [2.75, 3.05) is 18.5 Å². The minimum atomic E-state index is -0.506. The molecule has 6 nitrogen and oxygen atoms in total. The van der Waals surface area contributed by atoms with E-state index in [2.05, 4.69) is 10.6 Å². The van der Waals surface area contributed by atoms with Crippen LogP contribution < -0.4 is 10.6 Å². The summed E-state index contributed by atoms with van der Waals surface area (Å²) in [5.41, 5.74) is 3.08. The van der Waals surface area contributed by atoms with E-state index >= 15 is 0 Å². The first-order valence-electron chi connectivity index (χ1n) is 9.40. The standard InChI is InChI=1S/C21H26N2O4S2/c1-6-26-19(24)16-13(4)17(20(25)27-7-2)29-18(16)23-21(28)22-14(5)15-10-8-12(3)9-11-15/h8-11,14H,6-7H2,1-5H3,(H2,22,23,28). The lowest BCUT2D eigenvalue weighted by atomic mass is 10.1. The van der Waals surface area contributed by atoms with Gasteiger partial charge in [0.2, 0.25) is 0 Å². The molecule has 0 fully saturated rings. The Morgan fingerprint density at radius 1 is 1.07 bits per heavy atom. The summed E-state index contributed by atoms with van der Waals surface area (Å²) >= 11 is 6.56. The molecule has 1 heterocycles. The molecule has 1 aromatic heterocycles. The highest BCUT2D eigenvalue weighted by Gasteiger charge is 2.27. The molecule has 0 saturated carbocycles. The maximum atomic E-state index is 12.5. The summed E-state index contributed by atoms with van der Waals surface area (Å²) in [6.45, 7) is 9.68. The molecule has 1 atom stereocenters. The number of carbonyl (C=O) groups excluding carboxylic acids is 2. The Balaban J connectivity index is 2.24. The van der Waals surface area contributed by atoms with E-state index < -0.39 is 11.9 Å². The van der Waals surface area contributed by atoms with Gasteiger partial charge in [-0.05, 0) is 58.0 Å². The van der Waals surface area contributed by atoms with Crippen molar-refractivity contribution < 1.29 is 19.1 Å².